The van der Waals surface area contributed by atoms with Crippen molar-refractivity contribution in [2.45, 2.75) is 13.5 Å². The van der Waals surface area contributed by atoms with Gasteiger partial charge in [-0.15, -0.1) is 11.3 Å². The Balaban J connectivity index is 1.39. The van der Waals surface area contributed by atoms with E-state index in [-0.39, 0.29) is 5.91 Å². The van der Waals surface area contributed by atoms with Crippen LogP contribution in [0.5, 0.6) is 0 Å². The van der Waals surface area contributed by atoms with Crippen molar-refractivity contribution in [3.8, 4) is 0 Å². The van der Waals surface area contributed by atoms with E-state index in [0.29, 0.717) is 0 Å². The molecule has 2 heterocycles. The maximum atomic E-state index is 12.8. The van der Waals surface area contributed by atoms with Crippen molar-refractivity contribution in [2.75, 3.05) is 26.2 Å². The number of rotatable bonds is 3. The fraction of sp³-hybridized carbons (Fsp3) is 0.286. The molecule has 1 N–H and O–H groups in total. The Labute approximate surface area is 152 Å². The molecular weight excluding hydrogens is 328 g/mol. The van der Waals surface area contributed by atoms with E-state index in [4.69, 9.17) is 0 Å². The monoisotopic (exact) mass is 351 g/mol. The highest BCUT2D eigenvalue weighted by molar-refractivity contribution is 7.20. The van der Waals surface area contributed by atoms with Gasteiger partial charge in [-0.1, -0.05) is 42.5 Å². The minimum Gasteiger partial charge on any atom is -0.328 e. The Morgan fingerprint density at radius 1 is 1.08 bits per heavy atom. The number of nitrogens with zero attached hydrogens (tertiary/aromatic N) is 1. The topological polar surface area (TPSA) is 24.8 Å². The van der Waals surface area contributed by atoms with Crippen LogP contribution in [-0.4, -0.2) is 37.0 Å². The van der Waals surface area contributed by atoms with E-state index in [9.17, 15) is 4.79 Å². The van der Waals surface area contributed by atoms with Crippen molar-refractivity contribution >= 4 is 27.3 Å². The summed E-state index contributed by atoms with van der Waals surface area (Å²) in [6, 6.07) is 18.9. The molecule has 1 amide bonds. The highest BCUT2D eigenvalue weighted by Crippen LogP contribution is 2.26. The van der Waals surface area contributed by atoms with Crippen LogP contribution in [0.15, 0.2) is 54.6 Å². The number of carbonyl (C=O) groups excluding carboxylic acids is 1. The lowest BCUT2D eigenvalue weighted by Crippen LogP contribution is -3.13. The van der Waals surface area contributed by atoms with Crippen LogP contribution >= 0.6 is 11.3 Å². The zero-order valence-corrected chi connectivity index (χ0v) is 15.3. The molecule has 0 atom stereocenters. The number of fused-ring (bicyclic) bond motifs is 1. The second-order valence-corrected chi connectivity index (χ2v) is 7.88. The Bertz CT molecular complexity index is 861. The predicted molar refractivity (Wildman–Crippen MR) is 103 cm³/mol. The molecule has 1 aliphatic heterocycles. The third-order valence-electron chi connectivity index (χ3n) is 5.10. The summed E-state index contributed by atoms with van der Waals surface area (Å²) in [6.07, 6.45) is 0. The van der Waals surface area contributed by atoms with Gasteiger partial charge < -0.3 is 9.80 Å². The Morgan fingerprint density at radius 2 is 1.80 bits per heavy atom. The molecule has 0 saturated carbocycles. The predicted octanol–water partition coefficient (Wildman–Crippen LogP) is 2.75. The molecule has 0 radical (unpaired) electrons. The van der Waals surface area contributed by atoms with Crippen LogP contribution in [-0.2, 0) is 6.54 Å². The quantitative estimate of drug-likeness (QED) is 0.771. The summed E-state index contributed by atoms with van der Waals surface area (Å²) in [6.45, 7) is 6.95. The molecule has 2 aromatic carbocycles. The highest BCUT2D eigenvalue weighted by Gasteiger charge is 2.25. The maximum Gasteiger partial charge on any atom is 0.264 e. The van der Waals surface area contributed by atoms with E-state index in [0.717, 1.165) is 37.6 Å². The summed E-state index contributed by atoms with van der Waals surface area (Å²) >= 11 is 1.61. The van der Waals surface area contributed by atoms with Crippen LogP contribution < -0.4 is 4.90 Å². The van der Waals surface area contributed by atoms with Crippen LogP contribution in [0.25, 0.3) is 10.1 Å². The Hall–Kier alpha value is -2.17. The Kier molecular flexibility index (Phi) is 4.55. The number of thiophene rings is 1. The van der Waals surface area contributed by atoms with Gasteiger partial charge in [0.2, 0.25) is 0 Å². The van der Waals surface area contributed by atoms with Gasteiger partial charge in [-0.05, 0) is 30.0 Å². The first-order valence-corrected chi connectivity index (χ1v) is 9.68. The standard InChI is InChI=1S/C21H22N2OS/c1-16-6-2-3-8-18(16)15-22-10-12-23(13-11-22)21(24)20-14-17-7-4-5-9-19(17)25-20/h2-9,14H,10-13,15H2,1H3/p+1. The third-order valence-corrected chi connectivity index (χ3v) is 6.20. The van der Waals surface area contributed by atoms with Crippen LogP contribution in [0.2, 0.25) is 0 Å². The molecule has 3 aromatic rings. The number of carbonyl (C=O) groups is 1. The van der Waals surface area contributed by atoms with Crippen molar-refractivity contribution in [2.24, 2.45) is 0 Å². The molecule has 4 rings (SSSR count). The molecule has 128 valence electrons. The van der Waals surface area contributed by atoms with Gasteiger partial charge in [0.15, 0.2) is 0 Å². The molecule has 1 aromatic heterocycles. The van der Waals surface area contributed by atoms with E-state index < -0.39 is 0 Å². The zero-order valence-electron chi connectivity index (χ0n) is 14.5. The molecule has 1 fully saturated rings. The van der Waals surface area contributed by atoms with Gasteiger partial charge in [-0.2, -0.15) is 0 Å². The number of hydrogen-bond donors (Lipinski definition) is 1. The first kappa shape index (κ1) is 16.3. The van der Waals surface area contributed by atoms with E-state index in [1.165, 1.54) is 21.2 Å². The van der Waals surface area contributed by atoms with E-state index in [1.807, 2.05) is 23.1 Å². The first-order chi connectivity index (χ1) is 12.2. The average Bonchev–Trinajstić information content (AvgIpc) is 3.08. The molecule has 0 aliphatic carbocycles. The Morgan fingerprint density at radius 3 is 2.56 bits per heavy atom. The summed E-state index contributed by atoms with van der Waals surface area (Å²) in [5.41, 5.74) is 2.78. The summed E-state index contributed by atoms with van der Waals surface area (Å²) in [5.74, 6) is 0.191. The molecule has 0 bridgehead atoms. The maximum absolute atomic E-state index is 12.8. The molecule has 25 heavy (non-hydrogen) atoms. The van der Waals surface area contributed by atoms with Gasteiger partial charge in [0.25, 0.3) is 5.91 Å². The highest BCUT2D eigenvalue weighted by atomic mass is 32.1. The lowest BCUT2D eigenvalue weighted by molar-refractivity contribution is -0.917. The van der Waals surface area contributed by atoms with Gasteiger partial charge >= 0.3 is 0 Å². The summed E-state index contributed by atoms with van der Waals surface area (Å²) in [5, 5.41) is 1.17. The number of amides is 1. The molecule has 1 saturated heterocycles. The summed E-state index contributed by atoms with van der Waals surface area (Å²) in [4.78, 5) is 17.3. The molecule has 1 aliphatic rings. The van der Waals surface area contributed by atoms with Gasteiger partial charge in [-0.3, -0.25) is 4.79 Å². The van der Waals surface area contributed by atoms with Crippen LogP contribution in [0.1, 0.15) is 20.8 Å². The summed E-state index contributed by atoms with van der Waals surface area (Å²) in [7, 11) is 0. The zero-order chi connectivity index (χ0) is 17.2. The second kappa shape index (κ2) is 6.98. The molecular formula is C21H23N2OS+. The van der Waals surface area contributed by atoms with Gasteiger partial charge in [0.1, 0.15) is 6.54 Å². The van der Waals surface area contributed by atoms with Crippen molar-refractivity contribution < 1.29 is 9.69 Å². The first-order valence-electron chi connectivity index (χ1n) is 8.86. The molecule has 0 unspecified atom stereocenters. The number of benzene rings is 2. The SMILES string of the molecule is Cc1ccccc1C[NH+]1CCN(C(=O)c2cc3ccccc3s2)CC1. The van der Waals surface area contributed by atoms with E-state index in [2.05, 4.69) is 43.3 Å². The molecule has 3 nitrogen and oxygen atoms in total. The van der Waals surface area contributed by atoms with E-state index in [1.54, 1.807) is 16.2 Å². The number of nitrogens with one attached hydrogen (secondary N) is 1. The largest absolute Gasteiger partial charge is 0.328 e. The van der Waals surface area contributed by atoms with Crippen molar-refractivity contribution in [1.82, 2.24) is 4.90 Å². The van der Waals surface area contributed by atoms with Crippen LogP contribution in [0, 0.1) is 6.92 Å². The van der Waals surface area contributed by atoms with Crippen molar-refractivity contribution in [3.05, 3.63) is 70.6 Å². The van der Waals surface area contributed by atoms with Crippen LogP contribution in [0.3, 0.4) is 0 Å². The lowest BCUT2D eigenvalue weighted by atomic mass is 10.1. The van der Waals surface area contributed by atoms with Gasteiger partial charge in [0.05, 0.1) is 31.1 Å². The molecule has 0 spiro atoms. The van der Waals surface area contributed by atoms with Crippen molar-refractivity contribution in [1.29, 1.82) is 0 Å². The minimum atomic E-state index is 0.191. The number of aryl methyl sites for hydroxylation is 1. The van der Waals surface area contributed by atoms with Crippen LogP contribution in [0.4, 0.5) is 0 Å². The van der Waals surface area contributed by atoms with Crippen molar-refractivity contribution in [3.63, 3.8) is 0 Å². The number of piperazine rings is 1. The average molecular weight is 351 g/mol. The fourth-order valence-electron chi connectivity index (χ4n) is 3.52. The third kappa shape index (κ3) is 3.46. The fourth-order valence-corrected chi connectivity index (χ4v) is 4.55. The lowest BCUT2D eigenvalue weighted by Gasteiger charge is -2.32. The minimum absolute atomic E-state index is 0.191. The number of quaternary nitrogens is 1. The summed E-state index contributed by atoms with van der Waals surface area (Å²) < 4.78 is 1.19. The normalized spacial score (nSPS) is 15.6. The smallest absolute Gasteiger partial charge is 0.264 e. The second-order valence-electron chi connectivity index (χ2n) is 6.79. The van der Waals surface area contributed by atoms with Gasteiger partial charge in [-0.25, -0.2) is 0 Å². The number of hydrogen-bond acceptors (Lipinski definition) is 2. The molecule has 4 heteroatoms. The van der Waals surface area contributed by atoms with Gasteiger partial charge in [0, 0.05) is 10.3 Å². The van der Waals surface area contributed by atoms with E-state index >= 15 is 0 Å².